The first-order valence-corrected chi connectivity index (χ1v) is 11.4. The highest BCUT2D eigenvalue weighted by atomic mass is 79.9. The van der Waals surface area contributed by atoms with Crippen LogP contribution in [0, 0.1) is 6.92 Å². The lowest BCUT2D eigenvalue weighted by Crippen LogP contribution is -2.23. The van der Waals surface area contributed by atoms with Crippen molar-refractivity contribution in [3.05, 3.63) is 93.2 Å². The molecule has 0 fully saturated rings. The Kier molecular flexibility index (Phi) is 5.70. The van der Waals surface area contributed by atoms with Crippen LogP contribution in [0.4, 0.5) is 0 Å². The van der Waals surface area contributed by atoms with Crippen molar-refractivity contribution in [2.75, 3.05) is 0 Å². The van der Waals surface area contributed by atoms with Crippen molar-refractivity contribution < 1.29 is 4.79 Å². The highest BCUT2D eigenvalue weighted by Gasteiger charge is 2.19. The van der Waals surface area contributed by atoms with Crippen LogP contribution < -0.4 is 5.32 Å². The highest BCUT2D eigenvalue weighted by Crippen LogP contribution is 2.29. The van der Waals surface area contributed by atoms with Crippen molar-refractivity contribution in [1.82, 2.24) is 30.0 Å². The predicted octanol–water partition coefficient (Wildman–Crippen LogP) is 5.46. The summed E-state index contributed by atoms with van der Waals surface area (Å²) in [6, 6.07) is 18.9. The Balaban J connectivity index is 1.49. The number of nitrogens with one attached hydrogen (secondary N) is 2. The molecule has 0 spiro atoms. The molecule has 164 valence electrons. The molecule has 3 aromatic heterocycles. The van der Waals surface area contributed by atoms with E-state index in [9.17, 15) is 4.79 Å². The third-order valence-electron chi connectivity index (χ3n) is 5.19. The van der Waals surface area contributed by atoms with Crippen LogP contribution in [-0.2, 0) is 6.54 Å². The Labute approximate surface area is 203 Å². The average Bonchev–Trinajstić information content (AvgIpc) is 3.42. The average molecular weight is 522 g/mol. The van der Waals surface area contributed by atoms with Crippen LogP contribution in [-0.4, -0.2) is 30.6 Å². The smallest absolute Gasteiger partial charge is 0.253 e. The summed E-state index contributed by atoms with van der Waals surface area (Å²) >= 11 is 9.77. The molecular formula is C24H18BrClN6O. The molecule has 0 unspecified atom stereocenters. The number of nitrogens with zero attached hydrogens (tertiary/aromatic N) is 4. The van der Waals surface area contributed by atoms with Gasteiger partial charge in [0.2, 0.25) is 0 Å². The molecule has 33 heavy (non-hydrogen) atoms. The van der Waals surface area contributed by atoms with E-state index >= 15 is 0 Å². The van der Waals surface area contributed by atoms with E-state index in [1.165, 1.54) is 5.56 Å². The van der Waals surface area contributed by atoms with Gasteiger partial charge >= 0.3 is 0 Å². The SMILES string of the molecule is Cc1ccc(CNC(=O)c2cccc3[nH]c(-c4cc(Br)nn4-c4ncccc4Cl)nc23)cc1. The van der Waals surface area contributed by atoms with Gasteiger partial charge in [0, 0.05) is 18.8 Å². The molecule has 0 bridgehead atoms. The summed E-state index contributed by atoms with van der Waals surface area (Å²) in [6.45, 7) is 2.47. The van der Waals surface area contributed by atoms with Gasteiger partial charge in [0.25, 0.3) is 5.91 Å². The third kappa shape index (κ3) is 4.27. The number of para-hydroxylation sites is 1. The number of carbonyl (C=O) groups excluding carboxylic acids is 1. The van der Waals surface area contributed by atoms with E-state index < -0.39 is 0 Å². The number of hydrogen-bond acceptors (Lipinski definition) is 4. The van der Waals surface area contributed by atoms with Crippen LogP contribution >= 0.6 is 27.5 Å². The number of aromatic amines is 1. The summed E-state index contributed by atoms with van der Waals surface area (Å²) in [6.07, 6.45) is 1.65. The molecule has 0 aliphatic carbocycles. The number of carbonyl (C=O) groups is 1. The number of pyridine rings is 1. The molecule has 0 saturated carbocycles. The molecular weight excluding hydrogens is 504 g/mol. The fraction of sp³-hybridized carbons (Fsp3) is 0.0833. The molecule has 7 nitrogen and oxygen atoms in total. The lowest BCUT2D eigenvalue weighted by molar-refractivity contribution is 0.0952. The van der Waals surface area contributed by atoms with Crippen LogP contribution in [0.15, 0.2) is 71.5 Å². The molecule has 9 heteroatoms. The Morgan fingerprint density at radius 1 is 1.15 bits per heavy atom. The van der Waals surface area contributed by atoms with Crippen LogP contribution in [0.2, 0.25) is 5.02 Å². The number of imidazole rings is 1. The van der Waals surface area contributed by atoms with Crippen molar-refractivity contribution >= 4 is 44.5 Å². The molecule has 0 saturated heterocycles. The van der Waals surface area contributed by atoms with Crippen molar-refractivity contribution in [3.8, 4) is 17.3 Å². The highest BCUT2D eigenvalue weighted by molar-refractivity contribution is 9.10. The number of H-pyrrole nitrogens is 1. The van der Waals surface area contributed by atoms with Crippen molar-refractivity contribution in [2.24, 2.45) is 0 Å². The van der Waals surface area contributed by atoms with Gasteiger partial charge in [-0.1, -0.05) is 47.5 Å². The number of aryl methyl sites for hydroxylation is 1. The van der Waals surface area contributed by atoms with Gasteiger partial charge in [-0.05, 0) is 52.7 Å². The zero-order valence-electron chi connectivity index (χ0n) is 17.5. The Hall–Kier alpha value is -3.49. The summed E-state index contributed by atoms with van der Waals surface area (Å²) in [5.41, 5.74) is 4.67. The first-order valence-electron chi connectivity index (χ1n) is 10.2. The van der Waals surface area contributed by atoms with E-state index in [4.69, 9.17) is 16.6 Å². The van der Waals surface area contributed by atoms with Gasteiger partial charge in [0.1, 0.15) is 15.8 Å². The van der Waals surface area contributed by atoms with Gasteiger partial charge in [0.05, 0.1) is 16.1 Å². The lowest BCUT2D eigenvalue weighted by atomic mass is 10.1. The third-order valence-corrected chi connectivity index (χ3v) is 5.88. The molecule has 0 atom stereocenters. The van der Waals surface area contributed by atoms with Gasteiger partial charge in [-0.2, -0.15) is 5.10 Å². The summed E-state index contributed by atoms with van der Waals surface area (Å²) in [7, 11) is 0. The van der Waals surface area contributed by atoms with Crippen molar-refractivity contribution in [3.63, 3.8) is 0 Å². The Bertz CT molecular complexity index is 1470. The number of hydrogen-bond donors (Lipinski definition) is 2. The van der Waals surface area contributed by atoms with Gasteiger partial charge in [-0.15, -0.1) is 0 Å². The minimum atomic E-state index is -0.193. The van der Waals surface area contributed by atoms with Gasteiger partial charge in [0.15, 0.2) is 11.6 Å². The summed E-state index contributed by atoms with van der Waals surface area (Å²) in [4.78, 5) is 25.3. The first-order chi connectivity index (χ1) is 16.0. The van der Waals surface area contributed by atoms with Crippen molar-refractivity contribution in [1.29, 1.82) is 0 Å². The maximum Gasteiger partial charge on any atom is 0.253 e. The van der Waals surface area contributed by atoms with Gasteiger partial charge < -0.3 is 10.3 Å². The zero-order chi connectivity index (χ0) is 22.9. The maximum atomic E-state index is 13.0. The quantitative estimate of drug-likeness (QED) is 0.321. The number of amides is 1. The standard InChI is InChI=1S/C24H18BrClN6O/c1-14-7-9-15(10-8-14)13-28-24(33)16-4-2-6-18-21(16)30-22(29-18)19-12-20(25)31-32(19)23-17(26)5-3-11-27-23/h2-12H,13H2,1H3,(H,28,33)(H,29,30). The number of aromatic nitrogens is 5. The van der Waals surface area contributed by atoms with E-state index in [1.807, 2.05) is 49.4 Å². The minimum absolute atomic E-state index is 0.193. The van der Waals surface area contributed by atoms with Crippen LogP contribution in [0.3, 0.4) is 0 Å². The van der Waals surface area contributed by atoms with Crippen LogP contribution in [0.25, 0.3) is 28.4 Å². The van der Waals surface area contributed by atoms with Crippen LogP contribution in [0.5, 0.6) is 0 Å². The first kappa shape index (κ1) is 21.4. The van der Waals surface area contributed by atoms with E-state index in [0.717, 1.165) is 11.1 Å². The van der Waals surface area contributed by atoms with Gasteiger partial charge in [-0.25, -0.2) is 14.6 Å². The fourth-order valence-electron chi connectivity index (χ4n) is 3.54. The number of fused-ring (bicyclic) bond motifs is 1. The van der Waals surface area contributed by atoms with E-state index in [0.29, 0.717) is 44.6 Å². The van der Waals surface area contributed by atoms with Crippen molar-refractivity contribution in [2.45, 2.75) is 13.5 Å². The summed E-state index contributed by atoms with van der Waals surface area (Å²) in [5, 5.41) is 7.90. The second kappa shape index (κ2) is 8.80. The molecule has 0 aliphatic heterocycles. The second-order valence-corrected chi connectivity index (χ2v) is 8.75. The van der Waals surface area contributed by atoms with E-state index in [2.05, 4.69) is 36.3 Å². The number of benzene rings is 2. The van der Waals surface area contributed by atoms with Gasteiger partial charge in [-0.3, -0.25) is 4.79 Å². The van der Waals surface area contributed by atoms with E-state index in [1.54, 1.807) is 29.1 Å². The normalized spacial score (nSPS) is 11.1. The number of halogens is 2. The largest absolute Gasteiger partial charge is 0.348 e. The minimum Gasteiger partial charge on any atom is -0.348 e. The molecule has 5 rings (SSSR count). The second-order valence-electron chi connectivity index (χ2n) is 7.53. The number of rotatable bonds is 5. The summed E-state index contributed by atoms with van der Waals surface area (Å²) < 4.78 is 2.22. The lowest BCUT2D eigenvalue weighted by Gasteiger charge is -2.06. The monoisotopic (exact) mass is 520 g/mol. The maximum absolute atomic E-state index is 13.0. The molecule has 2 aromatic carbocycles. The molecule has 0 radical (unpaired) electrons. The Morgan fingerprint density at radius 2 is 1.97 bits per heavy atom. The van der Waals surface area contributed by atoms with Crippen LogP contribution in [0.1, 0.15) is 21.5 Å². The predicted molar refractivity (Wildman–Crippen MR) is 132 cm³/mol. The fourth-order valence-corrected chi connectivity index (χ4v) is 4.11. The zero-order valence-corrected chi connectivity index (χ0v) is 19.9. The molecule has 1 amide bonds. The van der Waals surface area contributed by atoms with E-state index in [-0.39, 0.29) is 5.91 Å². The molecule has 5 aromatic rings. The molecule has 2 N–H and O–H groups in total. The summed E-state index contributed by atoms with van der Waals surface area (Å²) in [5.74, 6) is 0.835. The topological polar surface area (TPSA) is 88.5 Å². The molecule has 3 heterocycles. The molecule has 0 aliphatic rings. The Morgan fingerprint density at radius 3 is 2.76 bits per heavy atom.